The summed E-state index contributed by atoms with van der Waals surface area (Å²) >= 11 is 0. The van der Waals surface area contributed by atoms with Crippen LogP contribution < -0.4 is 0 Å². The quantitative estimate of drug-likeness (QED) is 0.613. The maximum Gasteiger partial charge on any atom is 0.171 e. The van der Waals surface area contributed by atoms with Crippen molar-refractivity contribution in [2.45, 2.75) is 39.3 Å². The topological polar surface area (TPSA) is 21.6 Å². The molecule has 1 aliphatic heterocycles. The fourth-order valence-electron chi connectivity index (χ4n) is 0.965. The summed E-state index contributed by atoms with van der Waals surface area (Å²) in [5, 5.41) is 0. The van der Waals surface area contributed by atoms with E-state index >= 15 is 0 Å². The summed E-state index contributed by atoms with van der Waals surface area (Å²) < 4.78 is 5.21. The first-order valence-electron chi connectivity index (χ1n) is 4.84. The third kappa shape index (κ3) is 3.92. The molecule has 0 aromatic rings. The molecule has 0 N–H and O–H groups in total. The van der Waals surface area contributed by atoms with Crippen molar-refractivity contribution < 1.29 is 4.74 Å². The van der Waals surface area contributed by atoms with Gasteiger partial charge in [-0.25, -0.2) is 4.99 Å². The van der Waals surface area contributed by atoms with Crippen molar-refractivity contribution in [1.82, 2.24) is 0 Å². The van der Waals surface area contributed by atoms with Crippen LogP contribution in [0, 0.1) is 0 Å². The second kappa shape index (κ2) is 7.59. The number of aliphatic imine (C=N–C) groups is 1. The molecule has 2 nitrogen and oxygen atoms in total. The zero-order valence-electron chi connectivity index (χ0n) is 8.73. The number of hydrogen-bond acceptors (Lipinski definition) is 2. The summed E-state index contributed by atoms with van der Waals surface area (Å²) in [6, 6.07) is 0.109. The lowest BCUT2D eigenvalue weighted by molar-refractivity contribution is 0.266. The van der Waals surface area contributed by atoms with Crippen molar-refractivity contribution in [3.8, 4) is 0 Å². The number of hydrogen-bond donors (Lipinski definition) is 0. The summed E-state index contributed by atoms with van der Waals surface area (Å²) in [5.74, 6) is 0. The Hall–Kier alpha value is -1.05. The second-order valence-corrected chi connectivity index (χ2v) is 2.42. The molecule has 0 radical (unpaired) electrons. The molecule has 0 aromatic heterocycles. The molecular weight excluding hydrogens is 162 g/mol. The van der Waals surface area contributed by atoms with Crippen LogP contribution in [0.2, 0.25) is 0 Å². The highest BCUT2D eigenvalue weighted by Gasteiger charge is 2.19. The molecule has 74 valence electrons. The van der Waals surface area contributed by atoms with E-state index in [2.05, 4.69) is 24.6 Å². The summed E-state index contributed by atoms with van der Waals surface area (Å²) in [6.07, 6.45) is 8.51. The van der Waals surface area contributed by atoms with Crippen molar-refractivity contribution in [3.63, 3.8) is 0 Å². The first-order valence-corrected chi connectivity index (χ1v) is 4.84. The number of allylic oxidation sites excluding steroid dienone is 1. The largest absolute Gasteiger partial charge is 0.474 e. The Balaban J connectivity index is 0.000000671. The molecule has 0 spiro atoms. The van der Waals surface area contributed by atoms with E-state index in [0.29, 0.717) is 0 Å². The minimum Gasteiger partial charge on any atom is -0.474 e. The van der Waals surface area contributed by atoms with Crippen molar-refractivity contribution in [1.29, 1.82) is 0 Å². The monoisotopic (exact) mass is 181 g/mol. The fourth-order valence-corrected chi connectivity index (χ4v) is 0.965. The highest BCUT2D eigenvalue weighted by molar-refractivity contribution is 5.51. The standard InChI is InChI=1S/C9H13NO.C2H6/c1-3-5-6-9-8(4-2)10-7-11-9;1-2/h4-9H,2-3H2,1H3;1-2H3/b6-5-;. The highest BCUT2D eigenvalue weighted by Crippen LogP contribution is 2.11. The van der Waals surface area contributed by atoms with Crippen molar-refractivity contribution in [2.24, 2.45) is 4.99 Å². The summed E-state index contributed by atoms with van der Waals surface area (Å²) in [5.41, 5.74) is 0. The van der Waals surface area contributed by atoms with Gasteiger partial charge in [-0.15, -0.1) is 6.58 Å². The maximum absolute atomic E-state index is 5.21. The van der Waals surface area contributed by atoms with Crippen LogP contribution >= 0.6 is 0 Å². The highest BCUT2D eigenvalue weighted by atomic mass is 16.5. The Labute approximate surface area is 81.0 Å². The normalized spacial score (nSPS) is 25.2. The number of rotatable bonds is 3. The van der Waals surface area contributed by atoms with Crippen molar-refractivity contribution >= 4 is 6.40 Å². The molecule has 1 rings (SSSR count). The van der Waals surface area contributed by atoms with Crippen LogP contribution in [0.3, 0.4) is 0 Å². The Morgan fingerprint density at radius 2 is 2.23 bits per heavy atom. The first kappa shape index (κ1) is 11.9. The fraction of sp³-hybridized carbons (Fsp3) is 0.545. The Bertz CT molecular complexity index is 185. The lowest BCUT2D eigenvalue weighted by atomic mass is 10.1. The van der Waals surface area contributed by atoms with E-state index in [1.165, 1.54) is 6.40 Å². The van der Waals surface area contributed by atoms with E-state index < -0.39 is 0 Å². The minimum absolute atomic E-state index is 0.0763. The van der Waals surface area contributed by atoms with E-state index in [-0.39, 0.29) is 12.1 Å². The molecular formula is C11H19NO. The smallest absolute Gasteiger partial charge is 0.171 e. The molecule has 1 heterocycles. The van der Waals surface area contributed by atoms with E-state index in [1.807, 2.05) is 19.9 Å². The van der Waals surface area contributed by atoms with Gasteiger partial charge in [0, 0.05) is 0 Å². The van der Waals surface area contributed by atoms with Gasteiger partial charge >= 0.3 is 0 Å². The summed E-state index contributed by atoms with van der Waals surface area (Å²) in [4.78, 5) is 4.07. The third-order valence-electron chi connectivity index (χ3n) is 1.59. The van der Waals surface area contributed by atoms with Crippen LogP contribution in [0.25, 0.3) is 0 Å². The summed E-state index contributed by atoms with van der Waals surface area (Å²) in [7, 11) is 0. The molecule has 13 heavy (non-hydrogen) atoms. The Morgan fingerprint density at radius 1 is 1.54 bits per heavy atom. The van der Waals surface area contributed by atoms with Crippen molar-refractivity contribution in [2.75, 3.05) is 0 Å². The lowest BCUT2D eigenvalue weighted by Crippen LogP contribution is -2.16. The Kier molecular flexibility index (Phi) is 6.98. The van der Waals surface area contributed by atoms with Crippen LogP contribution in [-0.2, 0) is 4.74 Å². The van der Waals surface area contributed by atoms with Gasteiger partial charge in [-0.3, -0.25) is 0 Å². The molecule has 0 saturated carbocycles. The van der Waals surface area contributed by atoms with Crippen LogP contribution in [0.15, 0.2) is 29.8 Å². The zero-order valence-corrected chi connectivity index (χ0v) is 8.73. The lowest BCUT2D eigenvalue weighted by Gasteiger charge is -2.07. The van der Waals surface area contributed by atoms with Crippen molar-refractivity contribution in [3.05, 3.63) is 24.8 Å². The van der Waals surface area contributed by atoms with E-state index in [1.54, 1.807) is 6.08 Å². The molecule has 1 aliphatic rings. The van der Waals surface area contributed by atoms with Gasteiger partial charge < -0.3 is 4.74 Å². The molecule has 0 aliphatic carbocycles. The summed E-state index contributed by atoms with van der Waals surface area (Å²) in [6.45, 7) is 9.77. The van der Waals surface area contributed by atoms with Gasteiger partial charge in [-0.2, -0.15) is 0 Å². The van der Waals surface area contributed by atoms with E-state index in [9.17, 15) is 0 Å². The molecule has 0 amide bonds. The molecule has 2 atom stereocenters. The van der Waals surface area contributed by atoms with Gasteiger partial charge in [0.2, 0.25) is 0 Å². The number of ether oxygens (including phenoxy) is 1. The predicted octanol–water partition coefficient (Wildman–Crippen LogP) is 2.96. The first-order chi connectivity index (χ1) is 6.38. The SMILES string of the molecule is C=CC1N=COC1/C=C\CC.CC. The van der Waals surface area contributed by atoms with Gasteiger partial charge in [0.05, 0.1) is 0 Å². The molecule has 0 bridgehead atoms. The van der Waals surface area contributed by atoms with Crippen LogP contribution in [0.4, 0.5) is 0 Å². The average molecular weight is 181 g/mol. The second-order valence-electron chi connectivity index (χ2n) is 2.42. The average Bonchev–Trinajstić information content (AvgIpc) is 2.65. The van der Waals surface area contributed by atoms with Crippen LogP contribution in [0.5, 0.6) is 0 Å². The molecule has 2 heteroatoms. The van der Waals surface area contributed by atoms with E-state index in [4.69, 9.17) is 4.74 Å². The minimum atomic E-state index is 0.0763. The maximum atomic E-state index is 5.21. The zero-order chi connectivity index (χ0) is 10.1. The molecule has 2 unspecified atom stereocenters. The Morgan fingerprint density at radius 3 is 2.77 bits per heavy atom. The van der Waals surface area contributed by atoms with Crippen LogP contribution in [0.1, 0.15) is 27.2 Å². The van der Waals surface area contributed by atoms with Gasteiger partial charge in [0.1, 0.15) is 12.1 Å². The predicted molar refractivity (Wildman–Crippen MR) is 58.1 cm³/mol. The van der Waals surface area contributed by atoms with Gasteiger partial charge in [-0.05, 0) is 12.5 Å². The molecule has 0 fully saturated rings. The van der Waals surface area contributed by atoms with Gasteiger partial charge in [0.15, 0.2) is 6.40 Å². The van der Waals surface area contributed by atoms with Crippen LogP contribution in [-0.4, -0.2) is 18.5 Å². The molecule has 0 aromatic carbocycles. The molecule has 0 saturated heterocycles. The number of nitrogens with zero attached hydrogens (tertiary/aromatic N) is 1. The van der Waals surface area contributed by atoms with Gasteiger partial charge in [0.25, 0.3) is 0 Å². The van der Waals surface area contributed by atoms with Gasteiger partial charge in [-0.1, -0.05) is 32.9 Å². The third-order valence-corrected chi connectivity index (χ3v) is 1.59. The van der Waals surface area contributed by atoms with E-state index in [0.717, 1.165) is 6.42 Å².